The zero-order chi connectivity index (χ0) is 13.2. The van der Waals surface area contributed by atoms with Crippen LogP contribution in [-0.2, 0) is 14.3 Å². The Morgan fingerprint density at radius 2 is 2.06 bits per heavy atom. The van der Waals surface area contributed by atoms with Crippen LogP contribution < -0.4 is 5.73 Å². The van der Waals surface area contributed by atoms with Gasteiger partial charge in [0.15, 0.2) is 0 Å². The van der Waals surface area contributed by atoms with Crippen LogP contribution in [0.3, 0.4) is 0 Å². The number of amides is 1. The maximum absolute atomic E-state index is 12.1. The van der Waals surface area contributed by atoms with Crippen molar-refractivity contribution in [1.29, 1.82) is 0 Å². The molecule has 0 spiro atoms. The Hall–Kier alpha value is -1.14. The molecule has 0 bridgehead atoms. The highest BCUT2D eigenvalue weighted by molar-refractivity contribution is 5.89. The van der Waals surface area contributed by atoms with Crippen LogP contribution in [0.5, 0.6) is 0 Å². The fourth-order valence-electron chi connectivity index (χ4n) is 2.54. The van der Waals surface area contributed by atoms with Gasteiger partial charge in [-0.05, 0) is 32.1 Å². The molecule has 3 N–H and O–H groups in total. The first-order chi connectivity index (χ1) is 8.55. The highest BCUT2D eigenvalue weighted by Gasteiger charge is 2.48. The first kappa shape index (κ1) is 13.3. The normalized spacial score (nSPS) is 34.8. The van der Waals surface area contributed by atoms with Gasteiger partial charge in [0, 0.05) is 13.0 Å². The minimum Gasteiger partial charge on any atom is -0.462 e. The highest BCUT2D eigenvalue weighted by Crippen LogP contribution is 2.27. The predicted molar refractivity (Wildman–Crippen MR) is 63.3 cm³/mol. The molecule has 6 heteroatoms. The van der Waals surface area contributed by atoms with Crippen molar-refractivity contribution >= 4 is 11.9 Å². The predicted octanol–water partition coefficient (Wildman–Crippen LogP) is -0.258. The number of likely N-dealkylation sites (tertiary alicyclic amines) is 1. The molecule has 6 nitrogen and oxygen atoms in total. The van der Waals surface area contributed by atoms with Crippen LogP contribution in [0.25, 0.3) is 0 Å². The summed E-state index contributed by atoms with van der Waals surface area (Å²) in [5, 5.41) is 10.5. The molecular weight excluding hydrogens is 236 g/mol. The molecule has 2 rings (SSSR count). The van der Waals surface area contributed by atoms with Crippen molar-refractivity contribution in [3.05, 3.63) is 0 Å². The Balaban J connectivity index is 2.25. The Morgan fingerprint density at radius 1 is 1.28 bits per heavy atom. The number of carbonyl (C=O) groups is 2. The average molecular weight is 256 g/mol. The van der Waals surface area contributed by atoms with Gasteiger partial charge in [0.2, 0.25) is 11.6 Å². The third kappa shape index (κ3) is 2.35. The summed E-state index contributed by atoms with van der Waals surface area (Å²) in [7, 11) is 0. The lowest BCUT2D eigenvalue weighted by molar-refractivity contribution is -0.192. The lowest BCUT2D eigenvalue weighted by atomic mass is 10.0. The Morgan fingerprint density at radius 3 is 2.83 bits per heavy atom. The maximum Gasteiger partial charge on any atom is 0.359 e. The van der Waals surface area contributed by atoms with E-state index < -0.39 is 17.7 Å². The van der Waals surface area contributed by atoms with Crippen LogP contribution >= 0.6 is 0 Å². The molecule has 18 heavy (non-hydrogen) atoms. The van der Waals surface area contributed by atoms with E-state index in [0.29, 0.717) is 32.4 Å². The minimum atomic E-state index is -1.82. The third-order valence-electron chi connectivity index (χ3n) is 3.66. The number of ether oxygens (including phenoxy) is 1. The summed E-state index contributed by atoms with van der Waals surface area (Å²) in [5.41, 5.74) is 3.94. The van der Waals surface area contributed by atoms with E-state index in [4.69, 9.17) is 10.5 Å². The first-order valence-electron chi connectivity index (χ1n) is 6.52. The molecule has 102 valence electrons. The lowest BCUT2D eigenvalue weighted by Gasteiger charge is -2.36. The Bertz CT molecular complexity index is 347. The van der Waals surface area contributed by atoms with E-state index in [9.17, 15) is 14.7 Å². The largest absolute Gasteiger partial charge is 0.462 e. The van der Waals surface area contributed by atoms with Gasteiger partial charge < -0.3 is 20.5 Å². The van der Waals surface area contributed by atoms with Crippen molar-refractivity contribution in [2.45, 2.75) is 50.3 Å². The van der Waals surface area contributed by atoms with Crippen LogP contribution in [0.15, 0.2) is 0 Å². The van der Waals surface area contributed by atoms with Crippen LogP contribution in [0.1, 0.15) is 38.5 Å². The van der Waals surface area contributed by atoms with Crippen LogP contribution in [0, 0.1) is 0 Å². The number of esters is 1. The second-order valence-electron chi connectivity index (χ2n) is 5.00. The van der Waals surface area contributed by atoms with Gasteiger partial charge >= 0.3 is 5.97 Å². The molecule has 2 saturated heterocycles. The number of aliphatic hydroxyl groups is 1. The highest BCUT2D eigenvalue weighted by atomic mass is 16.6. The molecular formula is C12H20N2O4. The van der Waals surface area contributed by atoms with E-state index in [1.807, 2.05) is 0 Å². The fraction of sp³-hybridized carbons (Fsp3) is 0.833. The van der Waals surface area contributed by atoms with E-state index >= 15 is 0 Å². The van der Waals surface area contributed by atoms with Crippen molar-refractivity contribution in [2.75, 3.05) is 13.2 Å². The summed E-state index contributed by atoms with van der Waals surface area (Å²) in [6.45, 7) is 0.660. The van der Waals surface area contributed by atoms with E-state index in [1.165, 1.54) is 4.90 Å². The molecule has 2 unspecified atom stereocenters. The number of hydrogen-bond acceptors (Lipinski definition) is 5. The first-order valence-corrected chi connectivity index (χ1v) is 6.52. The van der Waals surface area contributed by atoms with E-state index in [-0.39, 0.29) is 12.3 Å². The molecule has 1 amide bonds. The molecule has 2 aliphatic rings. The number of hydrogen-bond donors (Lipinski definition) is 2. The summed E-state index contributed by atoms with van der Waals surface area (Å²) in [4.78, 5) is 25.3. The summed E-state index contributed by atoms with van der Waals surface area (Å²) < 4.78 is 4.97. The lowest BCUT2D eigenvalue weighted by Crippen LogP contribution is -2.60. The monoisotopic (exact) mass is 256 g/mol. The molecule has 2 atom stereocenters. The van der Waals surface area contributed by atoms with Crippen molar-refractivity contribution in [3.8, 4) is 0 Å². The van der Waals surface area contributed by atoms with E-state index in [1.54, 1.807) is 0 Å². The van der Waals surface area contributed by atoms with Gasteiger partial charge in [0.05, 0.1) is 12.6 Å². The van der Waals surface area contributed by atoms with Gasteiger partial charge in [-0.1, -0.05) is 0 Å². The SMILES string of the molecule is NC1CCCCN(C2(O)CCCCOC2=O)C1=O. The molecule has 0 aliphatic carbocycles. The van der Waals surface area contributed by atoms with Crippen LogP contribution in [0.4, 0.5) is 0 Å². The van der Waals surface area contributed by atoms with Gasteiger partial charge in [-0.2, -0.15) is 0 Å². The van der Waals surface area contributed by atoms with Gasteiger partial charge in [0.1, 0.15) is 0 Å². The summed E-state index contributed by atoms with van der Waals surface area (Å²) >= 11 is 0. The van der Waals surface area contributed by atoms with Gasteiger partial charge in [-0.15, -0.1) is 0 Å². The molecule has 0 aromatic heterocycles. The molecule has 0 aromatic rings. The maximum atomic E-state index is 12.1. The van der Waals surface area contributed by atoms with Crippen LogP contribution in [0.2, 0.25) is 0 Å². The van der Waals surface area contributed by atoms with Gasteiger partial charge in [-0.25, -0.2) is 4.79 Å². The number of rotatable bonds is 1. The quantitative estimate of drug-likeness (QED) is 0.631. The zero-order valence-corrected chi connectivity index (χ0v) is 10.4. The topological polar surface area (TPSA) is 92.9 Å². The van der Waals surface area contributed by atoms with Gasteiger partial charge in [-0.3, -0.25) is 4.79 Å². The number of cyclic esters (lactones) is 1. The minimum absolute atomic E-state index is 0.226. The number of nitrogens with zero attached hydrogens (tertiary/aromatic N) is 1. The smallest absolute Gasteiger partial charge is 0.359 e. The molecule has 0 saturated carbocycles. The molecule has 2 aliphatic heterocycles. The molecule has 0 aromatic carbocycles. The Labute approximate surface area is 106 Å². The van der Waals surface area contributed by atoms with Crippen molar-refractivity contribution in [2.24, 2.45) is 5.73 Å². The average Bonchev–Trinajstić information content (AvgIpc) is 2.61. The summed E-state index contributed by atoms with van der Waals surface area (Å²) in [5.74, 6) is -1.07. The fourth-order valence-corrected chi connectivity index (χ4v) is 2.54. The second-order valence-corrected chi connectivity index (χ2v) is 5.00. The second kappa shape index (κ2) is 5.24. The zero-order valence-electron chi connectivity index (χ0n) is 10.4. The van der Waals surface area contributed by atoms with Crippen LogP contribution in [-0.4, -0.2) is 46.8 Å². The van der Waals surface area contributed by atoms with Crippen molar-refractivity contribution in [1.82, 2.24) is 4.90 Å². The molecule has 2 heterocycles. The summed E-state index contributed by atoms with van der Waals surface area (Å²) in [6, 6.07) is -0.632. The van der Waals surface area contributed by atoms with E-state index in [0.717, 1.165) is 12.8 Å². The van der Waals surface area contributed by atoms with Gasteiger partial charge in [0.25, 0.3) is 0 Å². The van der Waals surface area contributed by atoms with E-state index in [2.05, 4.69) is 0 Å². The number of carbonyl (C=O) groups excluding carboxylic acids is 2. The Kier molecular flexibility index (Phi) is 3.87. The number of nitrogens with two attached hydrogens (primary N) is 1. The summed E-state index contributed by atoms with van der Waals surface area (Å²) in [6.07, 6.45) is 3.76. The molecule has 2 fully saturated rings. The van der Waals surface area contributed by atoms with Crippen molar-refractivity contribution in [3.63, 3.8) is 0 Å². The third-order valence-corrected chi connectivity index (χ3v) is 3.66. The standard InChI is InChI=1S/C12H20N2O4/c13-9-5-1-3-7-14(10(9)15)12(17)6-2-4-8-18-11(12)16/h9,17H,1-8,13H2. The van der Waals surface area contributed by atoms with Crippen molar-refractivity contribution < 1.29 is 19.4 Å². The molecule has 0 radical (unpaired) electrons.